The highest BCUT2D eigenvalue weighted by Gasteiger charge is 2.40. The third-order valence-corrected chi connectivity index (χ3v) is 5.98. The number of nitrogens with one attached hydrogen (secondary N) is 3. The van der Waals surface area contributed by atoms with Crippen molar-refractivity contribution in [1.29, 1.82) is 0 Å². The maximum atomic E-state index is 12.8. The molecule has 2 aliphatic heterocycles. The second kappa shape index (κ2) is 11.3. The molecule has 2 aliphatic rings. The number of anilines is 1. The van der Waals surface area contributed by atoms with Gasteiger partial charge >= 0.3 is 12.1 Å². The first-order valence-electron chi connectivity index (χ1n) is 11.5. The summed E-state index contributed by atoms with van der Waals surface area (Å²) >= 11 is 0. The number of carbonyl (C=O) groups is 5. The molecule has 3 N–H and O–H groups in total. The average molecular weight is 496 g/mol. The van der Waals surface area contributed by atoms with Gasteiger partial charge in [-0.15, -0.1) is 0 Å². The lowest BCUT2D eigenvalue weighted by molar-refractivity contribution is -0.173. The van der Waals surface area contributed by atoms with Crippen LogP contribution in [0.1, 0.15) is 67.3 Å². The van der Waals surface area contributed by atoms with E-state index in [1.165, 1.54) is 4.90 Å². The molecule has 190 valence electrons. The van der Waals surface area contributed by atoms with Crippen LogP contribution < -0.4 is 16.0 Å². The van der Waals surface area contributed by atoms with E-state index < -0.39 is 24.0 Å². The van der Waals surface area contributed by atoms with Crippen molar-refractivity contribution in [2.75, 3.05) is 11.9 Å². The number of fused-ring (bicyclic) bond motifs is 1. The zero-order chi connectivity index (χ0) is 25.6. The Morgan fingerprint density at radius 3 is 2.49 bits per heavy atom. The van der Waals surface area contributed by atoms with E-state index in [1.54, 1.807) is 18.2 Å². The Hall–Kier alpha value is -3.44. The lowest BCUT2D eigenvalue weighted by Gasteiger charge is -2.29. The van der Waals surface area contributed by atoms with Crippen LogP contribution in [-0.4, -0.2) is 53.2 Å². The van der Waals surface area contributed by atoms with Gasteiger partial charge in [-0.1, -0.05) is 25.3 Å². The van der Waals surface area contributed by atoms with Crippen LogP contribution in [0.5, 0.6) is 0 Å². The second-order valence-corrected chi connectivity index (χ2v) is 8.55. The van der Waals surface area contributed by atoms with Gasteiger partial charge in [0, 0.05) is 42.7 Å². The van der Waals surface area contributed by atoms with Gasteiger partial charge in [0.2, 0.25) is 17.7 Å². The van der Waals surface area contributed by atoms with Crippen molar-refractivity contribution in [2.45, 2.75) is 70.1 Å². The minimum absolute atomic E-state index is 0.0491. The number of benzene rings is 1. The van der Waals surface area contributed by atoms with Crippen molar-refractivity contribution in [3.8, 4) is 0 Å². The first-order valence-corrected chi connectivity index (χ1v) is 11.5. The molecular formula is C23H27F3N4O5. The number of hydrogen-bond donors (Lipinski definition) is 3. The summed E-state index contributed by atoms with van der Waals surface area (Å²) < 4.78 is 36.3. The third kappa shape index (κ3) is 6.80. The number of rotatable bonds is 10. The Bertz CT molecular complexity index is 1010. The first kappa shape index (κ1) is 26.2. The SMILES string of the molecule is O=C1CCC(N2Cc3c(NC(=O)CCCCCCCNC(=O)C(F)(F)F)cccc3C2=O)C(=O)N1. The Morgan fingerprint density at radius 1 is 1.06 bits per heavy atom. The largest absolute Gasteiger partial charge is 0.471 e. The molecule has 0 bridgehead atoms. The van der Waals surface area contributed by atoms with Crippen LogP contribution in [0.4, 0.5) is 18.9 Å². The molecule has 2 heterocycles. The molecule has 0 aromatic heterocycles. The van der Waals surface area contributed by atoms with Gasteiger partial charge in [0.25, 0.3) is 5.91 Å². The van der Waals surface area contributed by atoms with Gasteiger partial charge in [-0.2, -0.15) is 13.2 Å². The fourth-order valence-electron chi connectivity index (χ4n) is 4.16. The molecule has 1 aromatic carbocycles. The Kier molecular flexibility index (Phi) is 8.47. The van der Waals surface area contributed by atoms with Crippen LogP contribution in [0.25, 0.3) is 0 Å². The van der Waals surface area contributed by atoms with E-state index in [-0.39, 0.29) is 50.1 Å². The predicted octanol–water partition coefficient (Wildman–Crippen LogP) is 2.41. The van der Waals surface area contributed by atoms with E-state index in [4.69, 9.17) is 0 Å². The number of hydrogen-bond acceptors (Lipinski definition) is 5. The highest BCUT2D eigenvalue weighted by Crippen LogP contribution is 2.32. The van der Waals surface area contributed by atoms with Gasteiger partial charge in [0.1, 0.15) is 6.04 Å². The van der Waals surface area contributed by atoms with Crippen molar-refractivity contribution >= 4 is 35.2 Å². The van der Waals surface area contributed by atoms with E-state index >= 15 is 0 Å². The quantitative estimate of drug-likeness (QED) is 0.339. The van der Waals surface area contributed by atoms with Crippen LogP contribution in [0.2, 0.25) is 0 Å². The second-order valence-electron chi connectivity index (χ2n) is 8.55. The van der Waals surface area contributed by atoms with Crippen molar-refractivity contribution in [3.05, 3.63) is 29.3 Å². The van der Waals surface area contributed by atoms with Gasteiger partial charge in [-0.05, 0) is 31.4 Å². The maximum absolute atomic E-state index is 12.8. The van der Waals surface area contributed by atoms with Crippen LogP contribution in [0.15, 0.2) is 18.2 Å². The Labute approximate surface area is 199 Å². The number of nitrogens with zero attached hydrogens (tertiary/aromatic N) is 1. The molecule has 1 unspecified atom stereocenters. The average Bonchev–Trinajstić information content (AvgIpc) is 3.12. The number of amides is 5. The molecule has 1 saturated heterocycles. The zero-order valence-electron chi connectivity index (χ0n) is 19.0. The molecule has 35 heavy (non-hydrogen) atoms. The fraction of sp³-hybridized carbons (Fsp3) is 0.522. The van der Waals surface area contributed by atoms with E-state index in [1.807, 2.05) is 5.32 Å². The minimum Gasteiger partial charge on any atom is -0.348 e. The van der Waals surface area contributed by atoms with Crippen molar-refractivity contribution < 1.29 is 37.1 Å². The fourth-order valence-corrected chi connectivity index (χ4v) is 4.16. The van der Waals surface area contributed by atoms with Crippen molar-refractivity contribution in [2.24, 2.45) is 0 Å². The van der Waals surface area contributed by atoms with Gasteiger partial charge in [0.05, 0.1) is 0 Å². The van der Waals surface area contributed by atoms with Gasteiger partial charge < -0.3 is 15.5 Å². The van der Waals surface area contributed by atoms with E-state index in [0.29, 0.717) is 48.9 Å². The summed E-state index contributed by atoms with van der Waals surface area (Å²) in [7, 11) is 0. The monoisotopic (exact) mass is 496 g/mol. The summed E-state index contributed by atoms with van der Waals surface area (Å²) in [6.07, 6.45) is -1.19. The smallest absolute Gasteiger partial charge is 0.348 e. The predicted molar refractivity (Wildman–Crippen MR) is 118 cm³/mol. The number of piperidine rings is 1. The van der Waals surface area contributed by atoms with E-state index in [2.05, 4.69) is 10.6 Å². The molecule has 1 atom stereocenters. The van der Waals surface area contributed by atoms with Crippen molar-refractivity contribution in [3.63, 3.8) is 0 Å². The number of halogens is 3. The molecule has 0 radical (unpaired) electrons. The summed E-state index contributed by atoms with van der Waals surface area (Å²) in [6.45, 7) is 0.105. The molecule has 0 spiro atoms. The normalized spacial score (nSPS) is 17.7. The summed E-state index contributed by atoms with van der Waals surface area (Å²) in [5, 5.41) is 6.88. The van der Waals surface area contributed by atoms with Crippen LogP contribution >= 0.6 is 0 Å². The number of carbonyl (C=O) groups excluding carboxylic acids is 5. The molecular weight excluding hydrogens is 469 g/mol. The van der Waals surface area contributed by atoms with Crippen LogP contribution in [-0.2, 0) is 25.7 Å². The third-order valence-electron chi connectivity index (χ3n) is 5.98. The zero-order valence-corrected chi connectivity index (χ0v) is 19.0. The molecule has 9 nitrogen and oxygen atoms in total. The summed E-state index contributed by atoms with van der Waals surface area (Å²) in [6, 6.07) is 4.24. The Balaban J connectivity index is 1.41. The summed E-state index contributed by atoms with van der Waals surface area (Å²) in [4.78, 5) is 61.0. The van der Waals surface area contributed by atoms with Crippen LogP contribution in [0.3, 0.4) is 0 Å². The standard InChI is InChI=1S/C23H27F3N4O5/c24-23(25,26)22(35)27-12-5-3-1-2-4-9-18(31)28-16-8-6-7-14-15(16)13-30(21(14)34)17-10-11-19(32)29-20(17)33/h6-8,17H,1-5,9-13H2,(H,27,35)(H,28,31)(H,29,32,33). The lowest BCUT2D eigenvalue weighted by Crippen LogP contribution is -2.52. The number of alkyl halides is 3. The molecule has 1 aromatic rings. The highest BCUT2D eigenvalue weighted by molar-refractivity contribution is 6.06. The number of unbranched alkanes of at least 4 members (excludes halogenated alkanes) is 4. The summed E-state index contributed by atoms with van der Waals surface area (Å²) in [5.41, 5.74) is 1.53. The molecule has 0 saturated carbocycles. The van der Waals surface area contributed by atoms with Crippen LogP contribution in [0, 0.1) is 0 Å². The molecule has 5 amide bonds. The van der Waals surface area contributed by atoms with Gasteiger partial charge in [0.15, 0.2) is 0 Å². The molecule has 12 heteroatoms. The Morgan fingerprint density at radius 2 is 1.77 bits per heavy atom. The van der Waals surface area contributed by atoms with E-state index in [9.17, 15) is 37.1 Å². The topological polar surface area (TPSA) is 125 Å². The number of imide groups is 1. The molecule has 1 fully saturated rings. The lowest BCUT2D eigenvalue weighted by atomic mass is 10.0. The summed E-state index contributed by atoms with van der Waals surface area (Å²) in [5.74, 6) is -3.37. The first-order chi connectivity index (χ1) is 16.6. The van der Waals surface area contributed by atoms with Gasteiger partial charge in [-0.3, -0.25) is 29.3 Å². The maximum Gasteiger partial charge on any atom is 0.471 e. The van der Waals surface area contributed by atoms with E-state index in [0.717, 1.165) is 0 Å². The minimum atomic E-state index is -4.87. The molecule has 3 rings (SSSR count). The van der Waals surface area contributed by atoms with Crippen molar-refractivity contribution in [1.82, 2.24) is 15.5 Å². The highest BCUT2D eigenvalue weighted by atomic mass is 19.4. The molecule has 0 aliphatic carbocycles. The van der Waals surface area contributed by atoms with Gasteiger partial charge in [-0.25, -0.2) is 0 Å².